The Bertz CT molecular complexity index is 716. The van der Waals surface area contributed by atoms with Gasteiger partial charge in [0.25, 0.3) is 5.91 Å². The molecule has 0 atom stereocenters. The van der Waals surface area contributed by atoms with Crippen LogP contribution in [-0.4, -0.2) is 12.5 Å². The zero-order valence-electron chi connectivity index (χ0n) is 13.3. The van der Waals surface area contributed by atoms with Crippen molar-refractivity contribution < 1.29 is 9.53 Å². The van der Waals surface area contributed by atoms with Gasteiger partial charge in [-0.3, -0.25) is 4.79 Å². The molecule has 0 bridgehead atoms. The Kier molecular flexibility index (Phi) is 6.08. The van der Waals surface area contributed by atoms with E-state index in [0.717, 1.165) is 10.0 Å². The molecule has 0 unspecified atom stereocenters. The predicted molar refractivity (Wildman–Crippen MR) is 98.5 cm³/mol. The molecule has 0 radical (unpaired) electrons. The molecule has 5 heteroatoms. The second kappa shape index (κ2) is 7.84. The summed E-state index contributed by atoms with van der Waals surface area (Å²) >= 11 is 9.52. The topological polar surface area (TPSA) is 38.3 Å². The minimum Gasteiger partial charge on any atom is -0.483 e. The van der Waals surface area contributed by atoms with Gasteiger partial charge in [0.1, 0.15) is 5.75 Å². The molecule has 2 rings (SSSR count). The number of ether oxygens (including phenoxy) is 1. The van der Waals surface area contributed by atoms with E-state index in [0.29, 0.717) is 22.4 Å². The smallest absolute Gasteiger partial charge is 0.262 e. The highest BCUT2D eigenvalue weighted by Gasteiger charge is 2.10. The Morgan fingerprint density at radius 2 is 2.04 bits per heavy atom. The molecule has 0 saturated carbocycles. The van der Waals surface area contributed by atoms with Gasteiger partial charge in [0, 0.05) is 10.7 Å². The second-order valence-corrected chi connectivity index (χ2v) is 6.86. The lowest BCUT2D eigenvalue weighted by Gasteiger charge is -2.12. The fourth-order valence-electron chi connectivity index (χ4n) is 2.07. The van der Waals surface area contributed by atoms with Crippen LogP contribution >= 0.6 is 27.5 Å². The third-order valence-corrected chi connectivity index (χ3v) is 4.55. The van der Waals surface area contributed by atoms with Gasteiger partial charge in [-0.05, 0) is 64.2 Å². The van der Waals surface area contributed by atoms with Crippen LogP contribution < -0.4 is 10.1 Å². The van der Waals surface area contributed by atoms with E-state index in [1.54, 1.807) is 12.1 Å². The van der Waals surface area contributed by atoms with E-state index in [1.807, 2.05) is 31.2 Å². The van der Waals surface area contributed by atoms with Crippen molar-refractivity contribution in [3.63, 3.8) is 0 Å². The molecular formula is C18H19BrClNO2. The molecule has 2 aromatic carbocycles. The third-order valence-electron chi connectivity index (χ3n) is 3.52. The zero-order valence-corrected chi connectivity index (χ0v) is 15.7. The molecule has 1 amide bonds. The van der Waals surface area contributed by atoms with Crippen molar-refractivity contribution in [2.75, 3.05) is 11.9 Å². The average molecular weight is 397 g/mol. The average Bonchev–Trinajstić information content (AvgIpc) is 2.50. The number of nitrogens with one attached hydrogen (secondary N) is 1. The minimum atomic E-state index is -0.227. The molecule has 122 valence electrons. The Hall–Kier alpha value is -1.52. The van der Waals surface area contributed by atoms with Crippen molar-refractivity contribution in [1.29, 1.82) is 0 Å². The van der Waals surface area contributed by atoms with Crippen LogP contribution in [0.5, 0.6) is 5.75 Å². The molecule has 0 spiro atoms. The van der Waals surface area contributed by atoms with Gasteiger partial charge < -0.3 is 10.1 Å². The quantitative estimate of drug-likeness (QED) is 0.719. The molecule has 0 aliphatic carbocycles. The molecule has 0 fully saturated rings. The molecule has 0 saturated heterocycles. The van der Waals surface area contributed by atoms with Gasteiger partial charge in [0.05, 0.1) is 4.47 Å². The van der Waals surface area contributed by atoms with Gasteiger partial charge in [0.15, 0.2) is 6.61 Å². The largest absolute Gasteiger partial charge is 0.483 e. The number of amides is 1. The fraction of sp³-hybridized carbons (Fsp3) is 0.278. The van der Waals surface area contributed by atoms with Crippen LogP contribution in [0.2, 0.25) is 5.02 Å². The van der Waals surface area contributed by atoms with Crippen LogP contribution in [0.4, 0.5) is 5.69 Å². The van der Waals surface area contributed by atoms with Crippen molar-refractivity contribution in [3.05, 3.63) is 57.0 Å². The van der Waals surface area contributed by atoms with E-state index in [-0.39, 0.29) is 12.5 Å². The second-order valence-electron chi connectivity index (χ2n) is 5.59. The van der Waals surface area contributed by atoms with Crippen LogP contribution in [0.15, 0.2) is 40.9 Å². The van der Waals surface area contributed by atoms with Gasteiger partial charge in [0.2, 0.25) is 0 Å². The normalized spacial score (nSPS) is 10.7. The molecule has 1 N–H and O–H groups in total. The summed E-state index contributed by atoms with van der Waals surface area (Å²) in [5.74, 6) is 0.858. The first-order chi connectivity index (χ1) is 10.9. The lowest BCUT2D eigenvalue weighted by atomic mass is 10.0. The molecule has 2 aromatic rings. The molecule has 0 aliphatic heterocycles. The van der Waals surface area contributed by atoms with Crippen LogP contribution in [-0.2, 0) is 4.79 Å². The Morgan fingerprint density at radius 3 is 2.70 bits per heavy atom. The molecule has 3 nitrogen and oxygen atoms in total. The summed E-state index contributed by atoms with van der Waals surface area (Å²) in [6, 6.07) is 11.3. The summed E-state index contributed by atoms with van der Waals surface area (Å²) in [5, 5.41) is 3.43. The van der Waals surface area contributed by atoms with Crippen LogP contribution in [0.3, 0.4) is 0 Å². The van der Waals surface area contributed by atoms with Gasteiger partial charge >= 0.3 is 0 Å². The molecule has 23 heavy (non-hydrogen) atoms. The summed E-state index contributed by atoms with van der Waals surface area (Å²) in [6.45, 7) is 6.05. The van der Waals surface area contributed by atoms with Crippen molar-refractivity contribution in [1.82, 2.24) is 0 Å². The van der Waals surface area contributed by atoms with Crippen molar-refractivity contribution in [3.8, 4) is 5.75 Å². The van der Waals surface area contributed by atoms with Crippen LogP contribution in [0, 0.1) is 6.92 Å². The van der Waals surface area contributed by atoms with Gasteiger partial charge in [-0.1, -0.05) is 37.6 Å². The number of halogens is 2. The highest BCUT2D eigenvalue weighted by atomic mass is 79.9. The Balaban J connectivity index is 1.98. The zero-order chi connectivity index (χ0) is 17.0. The molecule has 0 aromatic heterocycles. The maximum atomic E-state index is 12.0. The van der Waals surface area contributed by atoms with E-state index in [9.17, 15) is 4.79 Å². The predicted octanol–water partition coefficient (Wildman–Crippen LogP) is 5.55. The Morgan fingerprint density at radius 1 is 1.30 bits per heavy atom. The third kappa shape index (κ3) is 4.72. The first-order valence-corrected chi connectivity index (χ1v) is 8.52. The van der Waals surface area contributed by atoms with Gasteiger partial charge in [-0.25, -0.2) is 0 Å². The summed E-state index contributed by atoms with van der Waals surface area (Å²) < 4.78 is 6.43. The molecule has 0 aliphatic rings. The van der Waals surface area contributed by atoms with E-state index in [1.165, 1.54) is 5.56 Å². The summed E-state index contributed by atoms with van der Waals surface area (Å²) in [5.41, 5.74) is 2.74. The highest BCUT2D eigenvalue weighted by Crippen LogP contribution is 2.29. The number of hydrogen-bond donors (Lipinski definition) is 1. The fourth-order valence-corrected chi connectivity index (χ4v) is 2.75. The lowest BCUT2D eigenvalue weighted by Crippen LogP contribution is -2.20. The van der Waals surface area contributed by atoms with Crippen molar-refractivity contribution in [2.24, 2.45) is 0 Å². The van der Waals surface area contributed by atoms with Gasteiger partial charge in [-0.15, -0.1) is 0 Å². The van der Waals surface area contributed by atoms with E-state index >= 15 is 0 Å². The highest BCUT2D eigenvalue weighted by molar-refractivity contribution is 9.10. The lowest BCUT2D eigenvalue weighted by molar-refractivity contribution is -0.118. The number of carbonyl (C=O) groups excluding carboxylic acids is 1. The number of rotatable bonds is 5. The number of carbonyl (C=O) groups is 1. The monoisotopic (exact) mass is 395 g/mol. The standard InChI is InChI=1S/C18H19BrClNO2/c1-11(2)13-7-8-17(14(19)9-13)23-10-18(22)21-16-6-4-5-15(20)12(16)3/h4-9,11H,10H2,1-3H3,(H,21,22). The molecule has 0 heterocycles. The van der Waals surface area contributed by atoms with E-state index in [4.69, 9.17) is 16.3 Å². The maximum Gasteiger partial charge on any atom is 0.262 e. The summed E-state index contributed by atoms with van der Waals surface area (Å²) in [7, 11) is 0. The van der Waals surface area contributed by atoms with E-state index in [2.05, 4.69) is 35.1 Å². The summed E-state index contributed by atoms with van der Waals surface area (Å²) in [6.07, 6.45) is 0. The number of anilines is 1. The number of hydrogen-bond acceptors (Lipinski definition) is 2. The minimum absolute atomic E-state index is 0.0639. The van der Waals surface area contributed by atoms with Crippen LogP contribution in [0.1, 0.15) is 30.9 Å². The molecular weight excluding hydrogens is 378 g/mol. The van der Waals surface area contributed by atoms with Gasteiger partial charge in [-0.2, -0.15) is 0 Å². The first kappa shape index (κ1) is 17.8. The van der Waals surface area contributed by atoms with Crippen LogP contribution in [0.25, 0.3) is 0 Å². The maximum absolute atomic E-state index is 12.0. The summed E-state index contributed by atoms with van der Waals surface area (Å²) in [4.78, 5) is 12.0. The van der Waals surface area contributed by atoms with Crippen molar-refractivity contribution >= 4 is 39.1 Å². The first-order valence-electron chi connectivity index (χ1n) is 7.35. The number of benzene rings is 2. The SMILES string of the molecule is Cc1c(Cl)cccc1NC(=O)COc1ccc(C(C)C)cc1Br. The Labute approximate surface area is 150 Å². The van der Waals surface area contributed by atoms with Crippen molar-refractivity contribution in [2.45, 2.75) is 26.7 Å². The van der Waals surface area contributed by atoms with E-state index < -0.39 is 0 Å².